The summed E-state index contributed by atoms with van der Waals surface area (Å²) in [7, 11) is 1.98. The molecule has 86 valence electrons. The van der Waals surface area contributed by atoms with Crippen molar-refractivity contribution in [2.24, 2.45) is 5.73 Å². The van der Waals surface area contributed by atoms with E-state index in [2.05, 4.69) is 15.1 Å². The summed E-state index contributed by atoms with van der Waals surface area (Å²) in [5.74, 6) is 0.845. The van der Waals surface area contributed by atoms with Gasteiger partial charge in [0.2, 0.25) is 0 Å². The van der Waals surface area contributed by atoms with Crippen LogP contribution in [0.4, 0.5) is 5.82 Å². The third kappa shape index (κ3) is 1.83. The minimum Gasteiger partial charge on any atom is -0.359 e. The van der Waals surface area contributed by atoms with E-state index in [-0.39, 0.29) is 0 Å². The second kappa shape index (κ2) is 4.44. The number of hydrogen-bond donors (Lipinski definition) is 1. The molecule has 0 saturated heterocycles. The predicted octanol–water partition coefficient (Wildman–Crippen LogP) is 0.711. The average molecular weight is 221 g/mol. The van der Waals surface area contributed by atoms with Crippen molar-refractivity contribution >= 4 is 16.9 Å². The maximum atomic E-state index is 5.49. The first kappa shape index (κ1) is 10.8. The lowest BCUT2D eigenvalue weighted by Crippen LogP contribution is -2.22. The van der Waals surface area contributed by atoms with Crippen molar-refractivity contribution in [2.75, 3.05) is 25.0 Å². The van der Waals surface area contributed by atoms with Crippen LogP contribution in [0, 0.1) is 6.92 Å². The molecule has 0 aliphatic rings. The molecule has 0 aromatic carbocycles. The first-order valence-electron chi connectivity index (χ1n) is 5.22. The number of hydrogen-bond acceptors (Lipinski definition) is 6. The first-order chi connectivity index (χ1) is 7.74. The average Bonchev–Trinajstić information content (AvgIpc) is 2.68. The van der Waals surface area contributed by atoms with E-state index >= 15 is 0 Å². The van der Waals surface area contributed by atoms with Gasteiger partial charge in [0.05, 0.1) is 5.69 Å². The van der Waals surface area contributed by atoms with Gasteiger partial charge < -0.3 is 15.2 Å². The topological polar surface area (TPSA) is 81.1 Å². The number of rotatable bonds is 4. The molecular weight excluding hydrogens is 206 g/mol. The summed E-state index contributed by atoms with van der Waals surface area (Å²) in [4.78, 5) is 10.3. The highest BCUT2D eigenvalue weighted by Gasteiger charge is 2.14. The van der Waals surface area contributed by atoms with Gasteiger partial charge in [0.15, 0.2) is 0 Å². The Balaban J connectivity index is 2.39. The van der Waals surface area contributed by atoms with Crippen molar-refractivity contribution in [1.29, 1.82) is 0 Å². The van der Waals surface area contributed by atoms with E-state index in [4.69, 9.17) is 10.3 Å². The summed E-state index contributed by atoms with van der Waals surface area (Å²) in [5.41, 5.74) is 6.83. The Bertz CT molecular complexity index is 481. The van der Waals surface area contributed by atoms with Crippen molar-refractivity contribution in [3.63, 3.8) is 0 Å². The molecule has 6 nitrogen and oxygen atoms in total. The zero-order valence-corrected chi connectivity index (χ0v) is 9.47. The summed E-state index contributed by atoms with van der Waals surface area (Å²) in [6.45, 7) is 3.41. The lowest BCUT2D eigenvalue weighted by Gasteiger charge is -2.17. The monoisotopic (exact) mass is 221 g/mol. The Hall–Kier alpha value is -1.69. The smallest absolute Gasteiger partial charge is 0.263 e. The Morgan fingerprint density at radius 3 is 3.00 bits per heavy atom. The highest BCUT2D eigenvalue weighted by atomic mass is 16.5. The zero-order chi connectivity index (χ0) is 11.5. The lowest BCUT2D eigenvalue weighted by molar-refractivity contribution is 0.442. The minimum atomic E-state index is 0.530. The summed E-state index contributed by atoms with van der Waals surface area (Å²) < 4.78 is 5.09. The van der Waals surface area contributed by atoms with Crippen molar-refractivity contribution in [3.05, 3.63) is 12.0 Å². The van der Waals surface area contributed by atoms with Crippen LogP contribution in [0.3, 0.4) is 0 Å². The van der Waals surface area contributed by atoms with Crippen LogP contribution in [0.15, 0.2) is 10.9 Å². The van der Waals surface area contributed by atoms with Crippen molar-refractivity contribution < 1.29 is 4.52 Å². The van der Waals surface area contributed by atoms with E-state index in [9.17, 15) is 0 Å². The van der Waals surface area contributed by atoms with Gasteiger partial charge in [0, 0.05) is 13.6 Å². The Morgan fingerprint density at radius 2 is 2.25 bits per heavy atom. The van der Waals surface area contributed by atoms with Crippen LogP contribution in [0.5, 0.6) is 0 Å². The fraction of sp³-hybridized carbons (Fsp3) is 0.500. The summed E-state index contributed by atoms with van der Waals surface area (Å²) >= 11 is 0. The van der Waals surface area contributed by atoms with Crippen LogP contribution in [0.25, 0.3) is 11.1 Å². The number of aryl methyl sites for hydroxylation is 1. The molecule has 0 atom stereocenters. The van der Waals surface area contributed by atoms with E-state index in [1.54, 1.807) is 0 Å². The molecule has 2 N–H and O–H groups in total. The van der Waals surface area contributed by atoms with Gasteiger partial charge in [0.25, 0.3) is 5.71 Å². The van der Waals surface area contributed by atoms with E-state index in [0.29, 0.717) is 12.3 Å². The minimum absolute atomic E-state index is 0.530. The van der Waals surface area contributed by atoms with Gasteiger partial charge in [-0.3, -0.25) is 0 Å². The summed E-state index contributed by atoms with van der Waals surface area (Å²) in [6.07, 6.45) is 2.41. The zero-order valence-electron chi connectivity index (χ0n) is 9.47. The Kier molecular flexibility index (Phi) is 3.00. The van der Waals surface area contributed by atoms with E-state index < -0.39 is 0 Å². The first-order valence-corrected chi connectivity index (χ1v) is 5.22. The number of aromatic nitrogens is 3. The van der Waals surface area contributed by atoms with Crippen LogP contribution >= 0.6 is 0 Å². The van der Waals surface area contributed by atoms with Gasteiger partial charge in [-0.15, -0.1) is 0 Å². The van der Waals surface area contributed by atoms with Crippen LogP contribution in [0.1, 0.15) is 12.1 Å². The Morgan fingerprint density at radius 1 is 1.44 bits per heavy atom. The van der Waals surface area contributed by atoms with Crippen LogP contribution < -0.4 is 10.6 Å². The van der Waals surface area contributed by atoms with Gasteiger partial charge in [-0.25, -0.2) is 4.98 Å². The molecule has 0 fully saturated rings. The number of fused-ring (bicyclic) bond motifs is 1. The fourth-order valence-corrected chi connectivity index (χ4v) is 1.63. The third-order valence-corrected chi connectivity index (χ3v) is 2.48. The maximum Gasteiger partial charge on any atom is 0.263 e. The third-order valence-electron chi connectivity index (χ3n) is 2.48. The van der Waals surface area contributed by atoms with Gasteiger partial charge in [-0.1, -0.05) is 5.16 Å². The molecule has 0 aliphatic carbocycles. The maximum absolute atomic E-state index is 5.49. The normalized spacial score (nSPS) is 10.9. The quantitative estimate of drug-likeness (QED) is 0.819. The van der Waals surface area contributed by atoms with Gasteiger partial charge in [0.1, 0.15) is 17.5 Å². The molecule has 2 heterocycles. The Labute approximate surface area is 93.4 Å². The molecule has 2 rings (SSSR count). The number of anilines is 1. The lowest BCUT2D eigenvalue weighted by atomic mass is 10.3. The second-order valence-electron chi connectivity index (χ2n) is 3.71. The van der Waals surface area contributed by atoms with Gasteiger partial charge in [-0.2, -0.15) is 4.98 Å². The molecule has 0 unspecified atom stereocenters. The molecule has 0 bridgehead atoms. The van der Waals surface area contributed by atoms with Crippen LogP contribution in [-0.4, -0.2) is 35.3 Å². The standard InChI is InChI=1S/C10H15N5O/c1-7-8-9(15(2)5-3-4-11)12-6-13-10(8)16-14-7/h6H,3-5,11H2,1-2H3. The number of nitrogens with two attached hydrogens (primary N) is 1. The molecular formula is C10H15N5O. The van der Waals surface area contributed by atoms with Gasteiger partial charge >= 0.3 is 0 Å². The molecule has 0 amide bonds. The molecule has 0 aliphatic heterocycles. The fourth-order valence-electron chi connectivity index (χ4n) is 1.63. The number of nitrogens with zero attached hydrogens (tertiary/aromatic N) is 4. The van der Waals surface area contributed by atoms with E-state index in [1.807, 2.05) is 18.9 Å². The summed E-state index contributed by atoms with van der Waals surface area (Å²) in [5, 5.41) is 4.77. The predicted molar refractivity (Wildman–Crippen MR) is 61.3 cm³/mol. The molecule has 16 heavy (non-hydrogen) atoms. The molecule has 0 radical (unpaired) electrons. The molecule has 2 aromatic heterocycles. The highest BCUT2D eigenvalue weighted by Crippen LogP contribution is 2.24. The van der Waals surface area contributed by atoms with Crippen LogP contribution in [-0.2, 0) is 0 Å². The van der Waals surface area contributed by atoms with Gasteiger partial charge in [-0.05, 0) is 19.9 Å². The van der Waals surface area contributed by atoms with E-state index in [1.165, 1.54) is 6.33 Å². The second-order valence-corrected chi connectivity index (χ2v) is 3.71. The van der Waals surface area contributed by atoms with E-state index in [0.717, 1.165) is 29.9 Å². The SMILES string of the molecule is Cc1noc2ncnc(N(C)CCCN)c12. The van der Waals surface area contributed by atoms with Crippen molar-refractivity contribution in [2.45, 2.75) is 13.3 Å². The molecule has 0 saturated carbocycles. The molecule has 2 aromatic rings. The van der Waals surface area contributed by atoms with Crippen LogP contribution in [0.2, 0.25) is 0 Å². The highest BCUT2D eigenvalue weighted by molar-refractivity contribution is 5.87. The van der Waals surface area contributed by atoms with Crippen molar-refractivity contribution in [3.8, 4) is 0 Å². The largest absolute Gasteiger partial charge is 0.359 e. The van der Waals surface area contributed by atoms with Crippen molar-refractivity contribution in [1.82, 2.24) is 15.1 Å². The summed E-state index contributed by atoms with van der Waals surface area (Å²) in [6, 6.07) is 0. The molecule has 6 heteroatoms. The molecule has 0 spiro atoms.